The lowest BCUT2D eigenvalue weighted by molar-refractivity contribution is -0.384. The van der Waals surface area contributed by atoms with Crippen LogP contribution in [-0.2, 0) is 19.2 Å². The summed E-state index contributed by atoms with van der Waals surface area (Å²) in [5, 5.41) is 26.7. The molecule has 0 radical (unpaired) electrons. The molecule has 2 heterocycles. The molecule has 0 bridgehead atoms. The van der Waals surface area contributed by atoms with E-state index < -0.39 is 39.5 Å². The van der Waals surface area contributed by atoms with Crippen molar-refractivity contribution in [3.63, 3.8) is 0 Å². The zero-order chi connectivity index (χ0) is 22.2. The summed E-state index contributed by atoms with van der Waals surface area (Å²) < 4.78 is 5.76. The van der Waals surface area contributed by atoms with E-state index in [2.05, 4.69) is 5.16 Å². The van der Waals surface area contributed by atoms with Crippen LogP contribution in [0.1, 0.15) is 38.7 Å². The van der Waals surface area contributed by atoms with E-state index in [-0.39, 0.29) is 23.8 Å². The standard InChI is InChI=1S/C22H22N2O7/c1-12-6-7-15-18(20(2)17(25)8-9-22(12,20)27)30-19(26)21(15)11-16(23-31-21)13-4-3-5-14(10-13)24(28)29/h3-5,8-10,12,15,18,27H,6-7,11H2,1-2H3/t12-,15+,18+,20-,21?,22+/m0/s1. The minimum Gasteiger partial charge on any atom is -0.458 e. The molecular weight excluding hydrogens is 404 g/mol. The molecular formula is C22H22N2O7. The number of aliphatic hydroxyl groups is 1. The molecule has 1 N–H and O–H groups in total. The van der Waals surface area contributed by atoms with Crippen molar-refractivity contribution in [3.8, 4) is 0 Å². The van der Waals surface area contributed by atoms with Crippen LogP contribution >= 0.6 is 0 Å². The Morgan fingerprint density at radius 2 is 2.06 bits per heavy atom. The number of carbonyl (C=O) groups is 2. The molecule has 1 aromatic carbocycles. The maximum absolute atomic E-state index is 13.1. The Bertz CT molecular complexity index is 1080. The molecule has 1 saturated carbocycles. The molecule has 2 fully saturated rings. The molecule has 31 heavy (non-hydrogen) atoms. The highest BCUT2D eigenvalue weighted by Gasteiger charge is 2.73. The Kier molecular flexibility index (Phi) is 3.99. The zero-order valence-electron chi connectivity index (χ0n) is 17.1. The maximum Gasteiger partial charge on any atom is 0.354 e. The van der Waals surface area contributed by atoms with Gasteiger partial charge in [-0.2, -0.15) is 0 Å². The van der Waals surface area contributed by atoms with Crippen LogP contribution in [0.25, 0.3) is 0 Å². The molecule has 1 aromatic rings. The van der Waals surface area contributed by atoms with Gasteiger partial charge in [0.15, 0.2) is 5.78 Å². The maximum atomic E-state index is 13.1. The molecule has 9 heteroatoms. The van der Waals surface area contributed by atoms with Gasteiger partial charge in [0, 0.05) is 24.1 Å². The number of nitrogens with zero attached hydrogens (tertiary/aromatic N) is 2. The Morgan fingerprint density at radius 3 is 2.81 bits per heavy atom. The predicted molar refractivity (Wildman–Crippen MR) is 107 cm³/mol. The minimum atomic E-state index is -1.42. The number of ether oxygens (including phenoxy) is 1. The Morgan fingerprint density at radius 1 is 1.29 bits per heavy atom. The van der Waals surface area contributed by atoms with Gasteiger partial charge in [0.25, 0.3) is 5.69 Å². The highest BCUT2D eigenvalue weighted by molar-refractivity contribution is 6.06. The third kappa shape index (κ3) is 2.38. The number of benzene rings is 1. The lowest BCUT2D eigenvalue weighted by atomic mass is 9.63. The average Bonchev–Trinajstić information content (AvgIpc) is 3.37. The second-order valence-electron chi connectivity index (χ2n) is 9.14. The van der Waals surface area contributed by atoms with Crippen LogP contribution in [-0.4, -0.2) is 44.8 Å². The number of nitro benzene ring substituents is 1. The van der Waals surface area contributed by atoms with Gasteiger partial charge in [-0.3, -0.25) is 14.9 Å². The molecule has 1 unspecified atom stereocenters. The Balaban J connectivity index is 1.52. The van der Waals surface area contributed by atoms with Crippen molar-refractivity contribution in [2.45, 2.75) is 50.4 Å². The summed E-state index contributed by atoms with van der Waals surface area (Å²) >= 11 is 0. The number of carbonyl (C=O) groups excluding carboxylic acids is 2. The second-order valence-corrected chi connectivity index (χ2v) is 9.14. The fourth-order valence-corrected chi connectivity index (χ4v) is 5.75. The van der Waals surface area contributed by atoms with Crippen LogP contribution in [0.5, 0.6) is 0 Å². The van der Waals surface area contributed by atoms with Gasteiger partial charge in [-0.05, 0) is 37.8 Å². The van der Waals surface area contributed by atoms with Crippen LogP contribution in [0.3, 0.4) is 0 Å². The summed E-state index contributed by atoms with van der Waals surface area (Å²) in [6.45, 7) is 3.54. The predicted octanol–water partition coefficient (Wildman–Crippen LogP) is 2.31. The molecule has 2 aliphatic carbocycles. The smallest absolute Gasteiger partial charge is 0.354 e. The lowest BCUT2D eigenvalue weighted by Crippen LogP contribution is -2.57. The topological polar surface area (TPSA) is 128 Å². The molecule has 1 spiro atoms. The molecule has 5 rings (SSSR count). The highest BCUT2D eigenvalue weighted by Crippen LogP contribution is 2.59. The zero-order valence-corrected chi connectivity index (χ0v) is 17.1. The molecule has 9 nitrogen and oxygen atoms in total. The van der Waals surface area contributed by atoms with Gasteiger partial charge >= 0.3 is 5.97 Å². The summed E-state index contributed by atoms with van der Waals surface area (Å²) in [5.41, 5.74) is -3.33. The first-order chi connectivity index (χ1) is 14.6. The van der Waals surface area contributed by atoms with E-state index in [9.17, 15) is 24.8 Å². The molecule has 0 aromatic heterocycles. The van der Waals surface area contributed by atoms with Crippen LogP contribution in [0, 0.1) is 27.4 Å². The van der Waals surface area contributed by atoms with Crippen molar-refractivity contribution in [1.82, 2.24) is 0 Å². The number of fused-ring (bicyclic) bond motifs is 4. The highest BCUT2D eigenvalue weighted by atomic mass is 16.7. The molecule has 6 atom stereocenters. The summed E-state index contributed by atoms with van der Waals surface area (Å²) in [6, 6.07) is 5.99. The third-order valence-electron chi connectivity index (χ3n) is 7.75. The third-order valence-corrected chi connectivity index (χ3v) is 7.75. The van der Waals surface area contributed by atoms with E-state index in [1.54, 1.807) is 19.1 Å². The number of ketones is 1. The number of hydrogen-bond acceptors (Lipinski definition) is 8. The van der Waals surface area contributed by atoms with Crippen LogP contribution in [0.4, 0.5) is 5.69 Å². The molecule has 4 aliphatic rings. The van der Waals surface area contributed by atoms with Crippen molar-refractivity contribution >= 4 is 23.2 Å². The molecule has 162 valence electrons. The van der Waals surface area contributed by atoms with Gasteiger partial charge in [0.05, 0.1) is 16.6 Å². The number of oxime groups is 1. The van der Waals surface area contributed by atoms with E-state index in [0.717, 1.165) is 0 Å². The lowest BCUT2D eigenvalue weighted by Gasteiger charge is -2.43. The van der Waals surface area contributed by atoms with Gasteiger partial charge in [-0.25, -0.2) is 4.79 Å². The van der Waals surface area contributed by atoms with E-state index in [1.807, 2.05) is 6.92 Å². The first-order valence-electron chi connectivity index (χ1n) is 10.3. The molecule has 2 aliphatic heterocycles. The van der Waals surface area contributed by atoms with E-state index >= 15 is 0 Å². The van der Waals surface area contributed by atoms with Crippen molar-refractivity contribution in [2.75, 3.05) is 0 Å². The van der Waals surface area contributed by atoms with Crippen LogP contribution < -0.4 is 0 Å². The monoisotopic (exact) mass is 426 g/mol. The van der Waals surface area contributed by atoms with Crippen molar-refractivity contribution in [1.29, 1.82) is 0 Å². The second kappa shape index (κ2) is 6.23. The number of nitro groups is 1. The van der Waals surface area contributed by atoms with Crippen LogP contribution in [0.2, 0.25) is 0 Å². The summed E-state index contributed by atoms with van der Waals surface area (Å²) in [5.74, 6) is -1.61. The summed E-state index contributed by atoms with van der Waals surface area (Å²) in [7, 11) is 0. The van der Waals surface area contributed by atoms with Crippen molar-refractivity contribution in [3.05, 3.63) is 52.1 Å². The van der Waals surface area contributed by atoms with E-state index in [1.165, 1.54) is 24.3 Å². The van der Waals surface area contributed by atoms with Crippen LogP contribution in [0.15, 0.2) is 41.6 Å². The SMILES string of the molecule is C[C@H]1CC[C@@H]2[C@@H](OC(=O)C23CC(c2cccc([N+](=O)[O-])c2)=NO3)[C@]2(C)C(=O)C=C[C@@]12O. The molecule has 1 saturated heterocycles. The number of esters is 1. The van der Waals surface area contributed by atoms with Crippen molar-refractivity contribution < 1.29 is 29.2 Å². The van der Waals surface area contributed by atoms with Gasteiger partial charge in [-0.1, -0.05) is 24.2 Å². The van der Waals surface area contributed by atoms with Crippen molar-refractivity contribution in [2.24, 2.45) is 22.4 Å². The normalized spacial score (nSPS) is 40.7. The van der Waals surface area contributed by atoms with Gasteiger partial charge < -0.3 is 14.7 Å². The van der Waals surface area contributed by atoms with Gasteiger partial charge in [0.1, 0.15) is 17.1 Å². The Labute approximate surface area is 177 Å². The summed E-state index contributed by atoms with van der Waals surface area (Å²) in [4.78, 5) is 42.4. The average molecular weight is 426 g/mol. The van der Waals surface area contributed by atoms with E-state index in [0.29, 0.717) is 24.1 Å². The number of non-ortho nitro benzene ring substituents is 1. The number of allylic oxidation sites excluding steroid dienone is 1. The minimum absolute atomic E-state index is 0.0820. The Hall–Kier alpha value is -3.07. The molecule has 0 amide bonds. The number of hydrogen-bond donors (Lipinski definition) is 1. The first kappa shape index (κ1) is 19.9. The largest absolute Gasteiger partial charge is 0.458 e. The van der Waals surface area contributed by atoms with Gasteiger partial charge in [0.2, 0.25) is 5.60 Å². The fourth-order valence-electron chi connectivity index (χ4n) is 5.75. The fraction of sp³-hybridized carbons (Fsp3) is 0.500. The quantitative estimate of drug-likeness (QED) is 0.436. The van der Waals surface area contributed by atoms with E-state index in [4.69, 9.17) is 9.57 Å². The number of rotatable bonds is 2. The summed E-state index contributed by atoms with van der Waals surface area (Å²) in [6.07, 6.45) is 3.20. The van der Waals surface area contributed by atoms with Gasteiger partial charge in [-0.15, -0.1) is 0 Å². The first-order valence-corrected chi connectivity index (χ1v) is 10.3.